The minimum atomic E-state index is -0.930. The number of nitrogens with one attached hydrogen (secondary N) is 6. The number of likely N-dealkylation sites (tertiary alicyclic amines) is 2. The Morgan fingerprint density at radius 1 is 0.764 bits per heavy atom. The van der Waals surface area contributed by atoms with Gasteiger partial charge in [-0.1, -0.05) is 45.0 Å². The van der Waals surface area contributed by atoms with E-state index in [9.17, 15) is 28.8 Å². The number of carbonyl (C=O) groups excluding carboxylic acids is 6. The second-order valence-electron chi connectivity index (χ2n) is 16.2. The Hall–Kier alpha value is -4.82. The standard InChI is InChI=1S/C41H58N8O6/c1-24(42-6)35(50)44-29-19-20-48(22-29)39(54)28-17-15-27(16-18-28)37(52)45-30-21-33(38(53)46-32-14-10-12-26-11-8-9-13-31(26)32)49(23-30)40(55)34(41(3,4)5)47-36(51)25(2)43-7/h8-9,11,13,15-18,24-25,29-30,32-34,42-43H,10,12,14,19-23H2,1-7H3,(H,44,50)(H,45,52)(H,46,53)(H,47,51). The van der Waals surface area contributed by atoms with E-state index in [1.807, 2.05) is 39.0 Å². The van der Waals surface area contributed by atoms with Crippen molar-refractivity contribution in [3.63, 3.8) is 0 Å². The Bertz CT molecular complexity index is 1740. The molecule has 2 aromatic carbocycles. The van der Waals surface area contributed by atoms with Crippen molar-refractivity contribution in [3.05, 3.63) is 70.8 Å². The lowest BCUT2D eigenvalue weighted by Crippen LogP contribution is -2.59. The first-order valence-corrected chi connectivity index (χ1v) is 19.4. The number of likely N-dealkylation sites (N-methyl/N-ethyl adjacent to an activating group) is 2. The molecule has 5 rings (SSSR count). The Labute approximate surface area is 324 Å². The lowest BCUT2D eigenvalue weighted by atomic mass is 9.85. The fourth-order valence-electron chi connectivity index (χ4n) is 7.55. The van der Waals surface area contributed by atoms with Crippen LogP contribution in [0.25, 0.3) is 0 Å². The first-order valence-electron chi connectivity index (χ1n) is 19.4. The van der Waals surface area contributed by atoms with E-state index in [1.54, 1.807) is 57.1 Å². The van der Waals surface area contributed by atoms with Crippen LogP contribution >= 0.6 is 0 Å². The molecule has 2 aromatic rings. The number of benzene rings is 2. The lowest BCUT2D eigenvalue weighted by molar-refractivity contribution is -0.144. The number of rotatable bonds is 12. The zero-order valence-electron chi connectivity index (χ0n) is 33.2. The summed E-state index contributed by atoms with van der Waals surface area (Å²) in [5.74, 6) is -1.74. The van der Waals surface area contributed by atoms with Gasteiger partial charge in [-0.2, -0.15) is 0 Å². The van der Waals surface area contributed by atoms with E-state index in [1.165, 1.54) is 10.5 Å². The van der Waals surface area contributed by atoms with Crippen LogP contribution in [0, 0.1) is 5.41 Å². The molecule has 7 unspecified atom stereocenters. The van der Waals surface area contributed by atoms with Crippen LogP contribution in [-0.4, -0.2) is 115 Å². The molecule has 2 aliphatic heterocycles. The molecule has 0 bridgehead atoms. The van der Waals surface area contributed by atoms with Gasteiger partial charge in [0, 0.05) is 42.8 Å². The number of carbonyl (C=O) groups is 6. The molecule has 14 nitrogen and oxygen atoms in total. The second kappa shape index (κ2) is 17.8. The fourth-order valence-corrected chi connectivity index (χ4v) is 7.55. The van der Waals surface area contributed by atoms with E-state index in [2.05, 4.69) is 38.0 Å². The van der Waals surface area contributed by atoms with E-state index in [-0.39, 0.29) is 54.7 Å². The van der Waals surface area contributed by atoms with E-state index in [4.69, 9.17) is 0 Å². The largest absolute Gasteiger partial charge is 0.350 e. The molecule has 0 saturated carbocycles. The van der Waals surface area contributed by atoms with Gasteiger partial charge in [0.15, 0.2) is 0 Å². The Morgan fingerprint density at radius 3 is 2.09 bits per heavy atom. The van der Waals surface area contributed by atoms with E-state index >= 15 is 0 Å². The van der Waals surface area contributed by atoms with Gasteiger partial charge >= 0.3 is 0 Å². The molecule has 1 aliphatic carbocycles. The molecular weight excluding hydrogens is 701 g/mol. The molecule has 6 N–H and O–H groups in total. The summed E-state index contributed by atoms with van der Waals surface area (Å²) in [5, 5.41) is 17.9. The molecule has 0 spiro atoms. The summed E-state index contributed by atoms with van der Waals surface area (Å²) >= 11 is 0. The second-order valence-corrected chi connectivity index (χ2v) is 16.2. The number of fused-ring (bicyclic) bond motifs is 1. The SMILES string of the molecule is CNC(C)C(=O)NC1CCN(C(=O)c2ccc(C(=O)NC3CC(C(=O)NC4CCCc5ccccc54)N(C(=O)C(NC(=O)C(C)NC)C(C)(C)C)C3)cc2)C1. The fraction of sp³-hybridized carbons (Fsp3) is 0.561. The maximum absolute atomic E-state index is 14.4. The number of amides is 6. The highest BCUT2D eigenvalue weighted by Gasteiger charge is 2.46. The molecule has 3 aliphatic rings. The molecule has 2 fully saturated rings. The van der Waals surface area contributed by atoms with Crippen LogP contribution in [0.4, 0.5) is 0 Å². The van der Waals surface area contributed by atoms with Crippen molar-refractivity contribution in [3.8, 4) is 0 Å². The van der Waals surface area contributed by atoms with E-state index in [0.717, 1.165) is 24.8 Å². The summed E-state index contributed by atoms with van der Waals surface area (Å²) in [6.45, 7) is 10.1. The highest BCUT2D eigenvalue weighted by atomic mass is 16.2. The van der Waals surface area contributed by atoms with E-state index < -0.39 is 41.4 Å². The van der Waals surface area contributed by atoms with Crippen molar-refractivity contribution in [1.29, 1.82) is 0 Å². The van der Waals surface area contributed by atoms with Gasteiger partial charge in [0.1, 0.15) is 12.1 Å². The summed E-state index contributed by atoms with van der Waals surface area (Å²) < 4.78 is 0. The smallest absolute Gasteiger partial charge is 0.253 e. The molecule has 7 atom stereocenters. The van der Waals surface area contributed by atoms with Crippen LogP contribution in [0.1, 0.15) is 98.2 Å². The first kappa shape index (κ1) is 41.3. The third kappa shape index (κ3) is 9.90. The van der Waals surface area contributed by atoms with Gasteiger partial charge in [-0.3, -0.25) is 28.8 Å². The van der Waals surface area contributed by atoms with Crippen molar-refractivity contribution in [2.75, 3.05) is 33.7 Å². The van der Waals surface area contributed by atoms with Gasteiger partial charge in [-0.05, 0) is 101 Å². The van der Waals surface area contributed by atoms with Gasteiger partial charge in [0.25, 0.3) is 11.8 Å². The van der Waals surface area contributed by atoms with Gasteiger partial charge in [-0.15, -0.1) is 0 Å². The third-order valence-corrected chi connectivity index (χ3v) is 11.2. The summed E-state index contributed by atoms with van der Waals surface area (Å²) in [7, 11) is 3.38. The van der Waals surface area contributed by atoms with Crippen LogP contribution in [0.3, 0.4) is 0 Å². The zero-order valence-corrected chi connectivity index (χ0v) is 33.2. The number of nitrogens with zero attached hydrogens (tertiary/aromatic N) is 2. The van der Waals surface area contributed by atoms with Crippen molar-refractivity contribution >= 4 is 35.4 Å². The van der Waals surface area contributed by atoms with Crippen LogP contribution < -0.4 is 31.9 Å². The molecule has 14 heteroatoms. The molecule has 2 heterocycles. The lowest BCUT2D eigenvalue weighted by Gasteiger charge is -2.36. The zero-order chi connectivity index (χ0) is 40.0. The maximum atomic E-state index is 14.4. The summed E-state index contributed by atoms with van der Waals surface area (Å²) in [6.07, 6.45) is 3.47. The molecule has 0 radical (unpaired) electrons. The highest BCUT2D eigenvalue weighted by molar-refractivity contribution is 5.99. The minimum Gasteiger partial charge on any atom is -0.350 e. The predicted octanol–water partition coefficient (Wildman–Crippen LogP) is 1.66. The molecule has 6 amide bonds. The average molecular weight is 759 g/mol. The minimum absolute atomic E-state index is 0.0737. The summed E-state index contributed by atoms with van der Waals surface area (Å²) in [6, 6.07) is 10.9. The third-order valence-electron chi connectivity index (χ3n) is 11.2. The number of hydrogen-bond donors (Lipinski definition) is 6. The number of aryl methyl sites for hydroxylation is 1. The number of hydrogen-bond acceptors (Lipinski definition) is 8. The maximum Gasteiger partial charge on any atom is 0.253 e. The first-order chi connectivity index (χ1) is 26.1. The van der Waals surface area contributed by atoms with Crippen molar-refractivity contribution < 1.29 is 28.8 Å². The molecule has 2 saturated heterocycles. The van der Waals surface area contributed by atoms with Crippen LogP contribution in [0.15, 0.2) is 48.5 Å². The molecular formula is C41H58N8O6. The van der Waals surface area contributed by atoms with Crippen LogP contribution in [0.5, 0.6) is 0 Å². The van der Waals surface area contributed by atoms with Crippen molar-refractivity contribution in [1.82, 2.24) is 41.7 Å². The molecule has 55 heavy (non-hydrogen) atoms. The van der Waals surface area contributed by atoms with Crippen molar-refractivity contribution in [2.24, 2.45) is 5.41 Å². The highest BCUT2D eigenvalue weighted by Crippen LogP contribution is 2.31. The van der Waals surface area contributed by atoms with Gasteiger partial charge < -0.3 is 41.7 Å². The quantitative estimate of drug-likeness (QED) is 0.189. The Morgan fingerprint density at radius 2 is 1.42 bits per heavy atom. The van der Waals surface area contributed by atoms with Gasteiger partial charge in [0.2, 0.25) is 23.6 Å². The van der Waals surface area contributed by atoms with Crippen LogP contribution in [-0.2, 0) is 25.6 Å². The predicted molar refractivity (Wildman–Crippen MR) is 209 cm³/mol. The van der Waals surface area contributed by atoms with Crippen LogP contribution in [0.2, 0.25) is 0 Å². The summed E-state index contributed by atoms with van der Waals surface area (Å²) in [5.41, 5.74) is 2.34. The Kier molecular flexibility index (Phi) is 13.3. The average Bonchev–Trinajstić information content (AvgIpc) is 3.82. The van der Waals surface area contributed by atoms with Crippen molar-refractivity contribution in [2.45, 2.75) is 109 Å². The summed E-state index contributed by atoms with van der Waals surface area (Å²) in [4.78, 5) is 83.9. The van der Waals surface area contributed by atoms with E-state index in [0.29, 0.717) is 30.6 Å². The molecule has 0 aromatic heterocycles. The van der Waals surface area contributed by atoms with Gasteiger partial charge in [0.05, 0.1) is 18.1 Å². The van der Waals surface area contributed by atoms with Gasteiger partial charge in [-0.25, -0.2) is 0 Å². The topological polar surface area (TPSA) is 181 Å². The monoisotopic (exact) mass is 758 g/mol. The molecule has 298 valence electrons. The Balaban J connectivity index is 1.29. The normalized spacial score (nSPS) is 22.5.